The fourth-order valence-electron chi connectivity index (χ4n) is 2.36. The summed E-state index contributed by atoms with van der Waals surface area (Å²) in [6.07, 6.45) is 2.60. The molecule has 0 spiro atoms. The molecule has 0 radical (unpaired) electrons. The highest BCUT2D eigenvalue weighted by Gasteiger charge is 2.32. The number of carbonyl (C=O) groups is 1. The minimum Gasteiger partial charge on any atom is -0.466 e. The molecule has 1 aliphatic rings. The summed E-state index contributed by atoms with van der Waals surface area (Å²) in [6.45, 7) is 2.96. The molecular formula is C12H15ClN4O4. The topological polar surface area (TPSA) is 98.5 Å². The summed E-state index contributed by atoms with van der Waals surface area (Å²) >= 11 is 5.78. The Hall–Kier alpha value is -1.96. The van der Waals surface area contributed by atoms with Crippen LogP contribution in [0.25, 0.3) is 0 Å². The van der Waals surface area contributed by atoms with Gasteiger partial charge in [-0.05, 0) is 19.8 Å². The molecule has 9 heteroatoms. The highest BCUT2D eigenvalue weighted by molar-refractivity contribution is 6.31. The second-order valence-electron chi connectivity index (χ2n) is 4.63. The molecule has 1 fully saturated rings. The van der Waals surface area contributed by atoms with Crippen LogP contribution in [-0.4, -0.2) is 40.6 Å². The number of rotatable bonds is 4. The Labute approximate surface area is 126 Å². The minimum atomic E-state index is -0.606. The number of nitro groups is 1. The van der Waals surface area contributed by atoms with Gasteiger partial charge in [-0.3, -0.25) is 14.9 Å². The lowest BCUT2D eigenvalue weighted by Gasteiger charge is -2.31. The molecule has 1 aromatic rings. The lowest BCUT2D eigenvalue weighted by molar-refractivity contribution is -0.384. The quantitative estimate of drug-likeness (QED) is 0.362. The largest absolute Gasteiger partial charge is 0.466 e. The van der Waals surface area contributed by atoms with Gasteiger partial charge < -0.3 is 9.64 Å². The standard InChI is InChI=1S/C12H15ClN4O4/c1-2-21-12(18)8-4-3-5-16(6-8)11-9(17(19)20)10(13)14-7-15-11/h7-8H,2-6H2,1H3. The van der Waals surface area contributed by atoms with Crippen LogP contribution in [0.4, 0.5) is 11.5 Å². The van der Waals surface area contributed by atoms with E-state index in [1.54, 1.807) is 11.8 Å². The van der Waals surface area contributed by atoms with Crippen LogP contribution >= 0.6 is 11.6 Å². The summed E-state index contributed by atoms with van der Waals surface area (Å²) in [5, 5.41) is 10.9. The van der Waals surface area contributed by atoms with E-state index < -0.39 is 4.92 Å². The Balaban J connectivity index is 2.24. The summed E-state index contributed by atoms with van der Waals surface area (Å²) < 4.78 is 5.01. The number of esters is 1. The molecule has 0 N–H and O–H groups in total. The summed E-state index contributed by atoms with van der Waals surface area (Å²) in [7, 11) is 0. The fourth-order valence-corrected chi connectivity index (χ4v) is 2.56. The number of carbonyl (C=O) groups excluding carboxylic acids is 1. The Morgan fingerprint density at radius 2 is 2.38 bits per heavy atom. The van der Waals surface area contributed by atoms with E-state index in [2.05, 4.69) is 9.97 Å². The molecule has 1 aliphatic heterocycles. The van der Waals surface area contributed by atoms with Gasteiger partial charge in [0.15, 0.2) is 0 Å². The highest BCUT2D eigenvalue weighted by Crippen LogP contribution is 2.33. The van der Waals surface area contributed by atoms with Gasteiger partial charge in [0.05, 0.1) is 17.4 Å². The van der Waals surface area contributed by atoms with Crippen molar-refractivity contribution in [3.05, 3.63) is 21.6 Å². The molecule has 0 amide bonds. The lowest BCUT2D eigenvalue weighted by atomic mass is 9.98. The maximum atomic E-state index is 11.8. The maximum absolute atomic E-state index is 11.8. The van der Waals surface area contributed by atoms with Gasteiger partial charge >= 0.3 is 11.7 Å². The summed E-state index contributed by atoms with van der Waals surface area (Å²) in [5.74, 6) is -0.453. The normalized spacial score (nSPS) is 18.4. The summed E-state index contributed by atoms with van der Waals surface area (Å²) in [6, 6.07) is 0. The van der Waals surface area contributed by atoms with Crippen molar-refractivity contribution in [3.8, 4) is 0 Å². The van der Waals surface area contributed by atoms with Crippen LogP contribution in [0.3, 0.4) is 0 Å². The van der Waals surface area contributed by atoms with Crippen LogP contribution in [0.2, 0.25) is 5.15 Å². The molecule has 0 bridgehead atoms. The first-order valence-electron chi connectivity index (χ1n) is 6.61. The molecule has 1 saturated heterocycles. The van der Waals surface area contributed by atoms with Crippen molar-refractivity contribution in [1.29, 1.82) is 0 Å². The number of anilines is 1. The van der Waals surface area contributed by atoms with Crippen LogP contribution in [0, 0.1) is 16.0 Å². The van der Waals surface area contributed by atoms with Gasteiger partial charge in [-0.15, -0.1) is 0 Å². The number of hydrogen-bond donors (Lipinski definition) is 0. The van der Waals surface area contributed by atoms with Gasteiger partial charge in [0, 0.05) is 13.1 Å². The van der Waals surface area contributed by atoms with E-state index in [9.17, 15) is 14.9 Å². The molecule has 2 heterocycles. The molecule has 8 nitrogen and oxygen atoms in total. The molecule has 0 aliphatic carbocycles. The Morgan fingerprint density at radius 3 is 3.05 bits per heavy atom. The van der Waals surface area contributed by atoms with Crippen LogP contribution < -0.4 is 4.90 Å². The Morgan fingerprint density at radius 1 is 1.62 bits per heavy atom. The zero-order chi connectivity index (χ0) is 15.4. The molecular weight excluding hydrogens is 300 g/mol. The van der Waals surface area contributed by atoms with Gasteiger partial charge in [-0.2, -0.15) is 0 Å². The zero-order valence-corrected chi connectivity index (χ0v) is 12.2. The van der Waals surface area contributed by atoms with Crippen LogP contribution in [0.1, 0.15) is 19.8 Å². The van der Waals surface area contributed by atoms with Crippen LogP contribution in [0.15, 0.2) is 6.33 Å². The van der Waals surface area contributed by atoms with E-state index in [4.69, 9.17) is 16.3 Å². The molecule has 1 atom stereocenters. The predicted molar refractivity (Wildman–Crippen MR) is 75.3 cm³/mol. The second kappa shape index (κ2) is 6.66. The van der Waals surface area contributed by atoms with Crippen molar-refractivity contribution >= 4 is 29.1 Å². The van der Waals surface area contributed by atoms with Gasteiger partial charge in [0.1, 0.15) is 6.33 Å². The molecule has 2 rings (SSSR count). The Bertz CT molecular complexity index is 554. The van der Waals surface area contributed by atoms with E-state index in [1.807, 2.05) is 0 Å². The van der Waals surface area contributed by atoms with Gasteiger partial charge in [0.25, 0.3) is 0 Å². The van der Waals surface area contributed by atoms with Gasteiger partial charge in [0.2, 0.25) is 11.0 Å². The number of piperidine rings is 1. The van der Waals surface area contributed by atoms with Crippen molar-refractivity contribution in [2.24, 2.45) is 5.92 Å². The van der Waals surface area contributed by atoms with Crippen molar-refractivity contribution in [1.82, 2.24) is 9.97 Å². The van der Waals surface area contributed by atoms with E-state index >= 15 is 0 Å². The molecule has 1 unspecified atom stereocenters. The third kappa shape index (κ3) is 3.38. The summed E-state index contributed by atoms with van der Waals surface area (Å²) in [5.41, 5.74) is -0.330. The summed E-state index contributed by atoms with van der Waals surface area (Å²) in [4.78, 5) is 31.6. The first-order chi connectivity index (χ1) is 10.0. The Kier molecular flexibility index (Phi) is 4.89. The van der Waals surface area contributed by atoms with Gasteiger partial charge in [-0.25, -0.2) is 9.97 Å². The van der Waals surface area contributed by atoms with E-state index in [0.29, 0.717) is 26.1 Å². The van der Waals surface area contributed by atoms with E-state index in [1.165, 1.54) is 6.33 Å². The molecule has 0 aromatic carbocycles. The first-order valence-corrected chi connectivity index (χ1v) is 6.98. The van der Waals surface area contributed by atoms with E-state index in [-0.39, 0.29) is 28.5 Å². The fraction of sp³-hybridized carbons (Fsp3) is 0.583. The molecule has 1 aromatic heterocycles. The number of nitrogens with zero attached hydrogens (tertiary/aromatic N) is 4. The first kappa shape index (κ1) is 15.4. The highest BCUT2D eigenvalue weighted by atomic mass is 35.5. The number of halogens is 1. The number of ether oxygens (including phenoxy) is 1. The van der Waals surface area contributed by atoms with Crippen molar-refractivity contribution in [2.75, 3.05) is 24.6 Å². The monoisotopic (exact) mass is 314 g/mol. The van der Waals surface area contributed by atoms with Crippen molar-refractivity contribution < 1.29 is 14.5 Å². The van der Waals surface area contributed by atoms with E-state index in [0.717, 1.165) is 6.42 Å². The predicted octanol–water partition coefficient (Wildman–Crippen LogP) is 1.82. The van der Waals surface area contributed by atoms with Crippen molar-refractivity contribution in [3.63, 3.8) is 0 Å². The van der Waals surface area contributed by atoms with Crippen molar-refractivity contribution in [2.45, 2.75) is 19.8 Å². The average Bonchev–Trinajstić information content (AvgIpc) is 2.47. The third-order valence-corrected chi connectivity index (χ3v) is 3.56. The smallest absolute Gasteiger partial charge is 0.348 e. The zero-order valence-electron chi connectivity index (χ0n) is 11.5. The maximum Gasteiger partial charge on any atom is 0.348 e. The molecule has 21 heavy (non-hydrogen) atoms. The average molecular weight is 315 g/mol. The SMILES string of the molecule is CCOC(=O)C1CCCN(c2ncnc(Cl)c2[N+](=O)[O-])C1. The number of hydrogen-bond acceptors (Lipinski definition) is 7. The van der Waals surface area contributed by atoms with Crippen LogP contribution in [0.5, 0.6) is 0 Å². The molecule has 0 saturated carbocycles. The van der Waals surface area contributed by atoms with Crippen LogP contribution in [-0.2, 0) is 9.53 Å². The molecule has 114 valence electrons. The van der Waals surface area contributed by atoms with Gasteiger partial charge in [-0.1, -0.05) is 11.6 Å². The third-order valence-electron chi connectivity index (χ3n) is 3.28. The number of aromatic nitrogens is 2. The second-order valence-corrected chi connectivity index (χ2v) is 4.99. The lowest BCUT2D eigenvalue weighted by Crippen LogP contribution is -2.40. The minimum absolute atomic E-state index is 0.147.